The summed E-state index contributed by atoms with van der Waals surface area (Å²) >= 11 is 0. The highest BCUT2D eigenvalue weighted by Crippen LogP contribution is 1.89. The van der Waals surface area contributed by atoms with Crippen LogP contribution in [0, 0.1) is 0 Å². The van der Waals surface area contributed by atoms with Gasteiger partial charge in [-0.05, 0) is 20.8 Å². The number of carbonyl (C=O) groups excluding carboxylic acids is 1. The first-order valence-corrected chi connectivity index (χ1v) is 5.55. The minimum atomic E-state index is -4.17. The molecular formula is C8H16O6S. The fourth-order valence-electron chi connectivity index (χ4n) is 0.403. The first-order valence-electron chi connectivity index (χ1n) is 4.19. The highest BCUT2D eigenvalue weighted by atomic mass is 32.3. The summed E-state index contributed by atoms with van der Waals surface area (Å²) < 4.78 is 35.2. The number of esters is 1. The standard InChI is InChI=1S/C6H10O2.C2H6O4S/c1-4-8-6(7)5(2)3;1-2-6-7(3,4)5/h2,4H2,1,3H3;2H2,1H3,(H,3,4,5). The average Bonchev–Trinajstić information content (AvgIpc) is 2.03. The van der Waals surface area contributed by atoms with Gasteiger partial charge in [0.15, 0.2) is 0 Å². The van der Waals surface area contributed by atoms with Crippen LogP contribution >= 0.6 is 0 Å². The summed E-state index contributed by atoms with van der Waals surface area (Å²) in [4.78, 5) is 10.4. The van der Waals surface area contributed by atoms with Gasteiger partial charge >= 0.3 is 16.4 Å². The molecule has 15 heavy (non-hydrogen) atoms. The molecule has 0 aliphatic carbocycles. The first kappa shape index (κ1) is 16.5. The molecule has 0 bridgehead atoms. The largest absolute Gasteiger partial charge is 0.463 e. The maximum atomic E-state index is 10.4. The van der Waals surface area contributed by atoms with Gasteiger partial charge in [0.25, 0.3) is 0 Å². The minimum absolute atomic E-state index is 0.0289. The Morgan fingerprint density at radius 3 is 1.87 bits per heavy atom. The molecule has 0 aliphatic heterocycles. The molecule has 0 aromatic carbocycles. The number of rotatable bonds is 4. The van der Waals surface area contributed by atoms with E-state index in [4.69, 9.17) is 4.55 Å². The van der Waals surface area contributed by atoms with Crippen LogP contribution in [-0.4, -0.2) is 32.2 Å². The molecule has 6 nitrogen and oxygen atoms in total. The van der Waals surface area contributed by atoms with E-state index in [1.807, 2.05) is 0 Å². The average molecular weight is 240 g/mol. The molecule has 0 radical (unpaired) electrons. The van der Waals surface area contributed by atoms with Crippen molar-refractivity contribution in [2.45, 2.75) is 20.8 Å². The van der Waals surface area contributed by atoms with Crippen molar-refractivity contribution in [1.82, 2.24) is 0 Å². The van der Waals surface area contributed by atoms with Crippen LogP contribution in [-0.2, 0) is 24.1 Å². The Morgan fingerprint density at radius 2 is 1.80 bits per heavy atom. The van der Waals surface area contributed by atoms with Gasteiger partial charge < -0.3 is 4.74 Å². The van der Waals surface area contributed by atoms with E-state index in [-0.39, 0.29) is 12.6 Å². The molecule has 0 saturated carbocycles. The second-order valence-electron chi connectivity index (χ2n) is 2.34. The lowest BCUT2D eigenvalue weighted by Gasteiger charge is -1.96. The molecule has 0 aromatic heterocycles. The lowest BCUT2D eigenvalue weighted by atomic mass is 10.4. The van der Waals surface area contributed by atoms with E-state index in [0.29, 0.717) is 12.2 Å². The summed E-state index contributed by atoms with van der Waals surface area (Å²) in [7, 11) is -4.17. The highest BCUT2D eigenvalue weighted by molar-refractivity contribution is 7.80. The van der Waals surface area contributed by atoms with Gasteiger partial charge in [0, 0.05) is 5.57 Å². The van der Waals surface area contributed by atoms with Crippen LogP contribution in [0.3, 0.4) is 0 Å². The summed E-state index contributed by atoms with van der Waals surface area (Å²) in [6, 6.07) is 0. The van der Waals surface area contributed by atoms with Crippen molar-refractivity contribution in [3.63, 3.8) is 0 Å². The summed E-state index contributed by atoms with van der Waals surface area (Å²) in [6.45, 7) is 8.65. The molecule has 0 aliphatic rings. The second-order valence-corrected chi connectivity index (χ2v) is 3.43. The van der Waals surface area contributed by atoms with Gasteiger partial charge in [0.1, 0.15) is 0 Å². The number of ether oxygens (including phenoxy) is 1. The molecule has 0 fully saturated rings. The van der Waals surface area contributed by atoms with Crippen molar-refractivity contribution in [2.24, 2.45) is 0 Å². The summed E-state index contributed by atoms with van der Waals surface area (Å²) in [5, 5.41) is 0. The molecule has 90 valence electrons. The van der Waals surface area contributed by atoms with E-state index in [0.717, 1.165) is 0 Å². The Hall–Kier alpha value is -0.920. The third kappa shape index (κ3) is 15.8. The zero-order valence-electron chi connectivity index (χ0n) is 9.02. The predicted octanol–water partition coefficient (Wildman–Crippen LogP) is 0.951. The van der Waals surface area contributed by atoms with Gasteiger partial charge in [-0.2, -0.15) is 8.42 Å². The molecule has 0 aromatic rings. The Morgan fingerprint density at radius 1 is 1.33 bits per heavy atom. The van der Waals surface area contributed by atoms with Crippen molar-refractivity contribution >= 4 is 16.4 Å². The SMILES string of the molecule is C=C(C)C(=O)OCC.CCOS(=O)(=O)O. The lowest BCUT2D eigenvalue weighted by molar-refractivity contribution is -0.138. The molecule has 0 saturated heterocycles. The van der Waals surface area contributed by atoms with Crippen molar-refractivity contribution in [3.05, 3.63) is 12.2 Å². The fraction of sp³-hybridized carbons (Fsp3) is 0.625. The zero-order chi connectivity index (χ0) is 12.5. The van der Waals surface area contributed by atoms with Crippen LogP contribution < -0.4 is 0 Å². The van der Waals surface area contributed by atoms with Gasteiger partial charge in [-0.15, -0.1) is 0 Å². The normalized spacial score (nSPS) is 9.87. The zero-order valence-corrected chi connectivity index (χ0v) is 9.83. The van der Waals surface area contributed by atoms with Gasteiger partial charge in [-0.1, -0.05) is 6.58 Å². The number of carbonyl (C=O) groups is 1. The maximum Gasteiger partial charge on any atom is 0.397 e. The van der Waals surface area contributed by atoms with Gasteiger partial charge in [-0.3, -0.25) is 4.55 Å². The number of hydrogen-bond donors (Lipinski definition) is 1. The predicted molar refractivity (Wildman–Crippen MR) is 54.6 cm³/mol. The quantitative estimate of drug-likeness (QED) is 0.447. The lowest BCUT2D eigenvalue weighted by Crippen LogP contribution is -2.03. The van der Waals surface area contributed by atoms with Gasteiger partial charge in [-0.25, -0.2) is 8.98 Å². The van der Waals surface area contributed by atoms with Crippen molar-refractivity contribution in [1.29, 1.82) is 0 Å². The van der Waals surface area contributed by atoms with Crippen molar-refractivity contribution in [3.8, 4) is 0 Å². The van der Waals surface area contributed by atoms with E-state index in [9.17, 15) is 13.2 Å². The van der Waals surface area contributed by atoms with Gasteiger partial charge in [0.2, 0.25) is 0 Å². The maximum absolute atomic E-state index is 10.4. The van der Waals surface area contributed by atoms with Crippen LogP contribution in [0.2, 0.25) is 0 Å². The van der Waals surface area contributed by atoms with Crippen LogP contribution in [0.15, 0.2) is 12.2 Å². The Kier molecular flexibility index (Phi) is 9.24. The Balaban J connectivity index is 0. The molecule has 0 unspecified atom stereocenters. The smallest absolute Gasteiger partial charge is 0.397 e. The van der Waals surface area contributed by atoms with Crippen LogP contribution in [0.4, 0.5) is 0 Å². The fourth-order valence-corrected chi connectivity index (χ4v) is 0.701. The third-order valence-electron chi connectivity index (χ3n) is 0.891. The Bertz CT molecular complexity index is 292. The number of hydrogen-bond acceptors (Lipinski definition) is 5. The highest BCUT2D eigenvalue weighted by Gasteiger charge is 1.98. The van der Waals surface area contributed by atoms with Crippen LogP contribution in [0.5, 0.6) is 0 Å². The second kappa shape index (κ2) is 8.39. The molecule has 0 amide bonds. The summed E-state index contributed by atoms with van der Waals surface area (Å²) in [6.07, 6.45) is 0. The van der Waals surface area contributed by atoms with E-state index < -0.39 is 10.4 Å². The van der Waals surface area contributed by atoms with E-state index in [2.05, 4.69) is 15.5 Å². The molecule has 0 heterocycles. The van der Waals surface area contributed by atoms with Crippen LogP contribution in [0.1, 0.15) is 20.8 Å². The monoisotopic (exact) mass is 240 g/mol. The van der Waals surface area contributed by atoms with Crippen molar-refractivity contribution in [2.75, 3.05) is 13.2 Å². The third-order valence-corrected chi connectivity index (χ3v) is 1.42. The van der Waals surface area contributed by atoms with Crippen molar-refractivity contribution < 1.29 is 26.7 Å². The Labute approximate surface area is 89.8 Å². The van der Waals surface area contributed by atoms with E-state index in [1.165, 1.54) is 6.92 Å². The van der Waals surface area contributed by atoms with E-state index in [1.54, 1.807) is 13.8 Å². The minimum Gasteiger partial charge on any atom is -0.463 e. The molecular weight excluding hydrogens is 224 g/mol. The molecule has 1 N–H and O–H groups in total. The molecule has 0 spiro atoms. The molecule has 0 atom stereocenters. The molecule has 7 heteroatoms. The van der Waals surface area contributed by atoms with E-state index >= 15 is 0 Å². The van der Waals surface area contributed by atoms with Crippen LogP contribution in [0.25, 0.3) is 0 Å². The molecule has 0 rings (SSSR count). The first-order chi connectivity index (χ1) is 6.74. The van der Waals surface area contributed by atoms with Gasteiger partial charge in [0.05, 0.1) is 13.2 Å². The summed E-state index contributed by atoms with van der Waals surface area (Å²) in [5.74, 6) is -0.312. The summed E-state index contributed by atoms with van der Waals surface area (Å²) in [5.41, 5.74) is 0.451. The topological polar surface area (TPSA) is 89.9 Å².